The molecule has 2 N–H and O–H groups in total. The third-order valence-corrected chi connectivity index (χ3v) is 4.32. The fourth-order valence-corrected chi connectivity index (χ4v) is 3.10. The smallest absolute Gasteiger partial charge is 0.424 e. The zero-order valence-corrected chi connectivity index (χ0v) is 13.4. The minimum atomic E-state index is -0.458. The van der Waals surface area contributed by atoms with Gasteiger partial charge in [0.05, 0.1) is 0 Å². The molecule has 0 atom stereocenters. The molecule has 0 spiro atoms. The number of benzene rings is 2. The fraction of sp³-hybridized carbons (Fsp3) is 0.316. The minimum Gasteiger partial charge on any atom is -0.447 e. The van der Waals surface area contributed by atoms with E-state index in [1.165, 1.54) is 22.3 Å². The number of unbranched alkanes of at least 4 members (excludes halogenated alkanes) is 1. The van der Waals surface area contributed by atoms with Crippen LogP contribution >= 0.6 is 0 Å². The molecule has 0 fully saturated rings. The molecule has 120 valence electrons. The molecule has 0 unspecified atom stereocenters. The number of hydrogen-bond acceptors (Lipinski definition) is 3. The Morgan fingerprint density at radius 2 is 1.65 bits per heavy atom. The highest BCUT2D eigenvalue weighted by Crippen LogP contribution is 2.44. The molecule has 1 aliphatic rings. The molecule has 2 aromatic carbocycles. The molecular weight excluding hydrogens is 288 g/mol. The van der Waals surface area contributed by atoms with Crippen molar-refractivity contribution in [1.82, 2.24) is 5.01 Å². The number of hydrazine groups is 1. The van der Waals surface area contributed by atoms with Crippen molar-refractivity contribution in [2.75, 3.05) is 13.2 Å². The molecule has 23 heavy (non-hydrogen) atoms. The van der Waals surface area contributed by atoms with Crippen LogP contribution in [0.4, 0.5) is 4.79 Å². The Labute approximate surface area is 136 Å². The molecule has 0 aliphatic heterocycles. The predicted molar refractivity (Wildman–Crippen MR) is 90.9 cm³/mol. The van der Waals surface area contributed by atoms with Crippen molar-refractivity contribution in [3.05, 3.63) is 59.7 Å². The lowest BCUT2D eigenvalue weighted by Crippen LogP contribution is -2.39. The van der Waals surface area contributed by atoms with Gasteiger partial charge in [0.15, 0.2) is 0 Å². The Kier molecular flexibility index (Phi) is 4.63. The first-order chi connectivity index (χ1) is 11.2. The second-order valence-electron chi connectivity index (χ2n) is 5.85. The fourth-order valence-electron chi connectivity index (χ4n) is 3.10. The van der Waals surface area contributed by atoms with Gasteiger partial charge in [0.2, 0.25) is 0 Å². The molecule has 1 aliphatic carbocycles. The number of fused-ring (bicyclic) bond motifs is 3. The van der Waals surface area contributed by atoms with E-state index < -0.39 is 6.09 Å². The lowest BCUT2D eigenvalue weighted by Gasteiger charge is -2.19. The van der Waals surface area contributed by atoms with Crippen LogP contribution in [0.1, 0.15) is 36.8 Å². The molecule has 0 heterocycles. The maximum absolute atomic E-state index is 12.0. The van der Waals surface area contributed by atoms with Crippen molar-refractivity contribution < 1.29 is 9.53 Å². The Hall–Kier alpha value is -2.33. The van der Waals surface area contributed by atoms with Crippen molar-refractivity contribution in [1.29, 1.82) is 0 Å². The number of nitrogens with two attached hydrogens (primary N) is 1. The van der Waals surface area contributed by atoms with Crippen molar-refractivity contribution in [3.63, 3.8) is 0 Å². The van der Waals surface area contributed by atoms with E-state index in [2.05, 4.69) is 31.2 Å². The van der Waals surface area contributed by atoms with Crippen LogP contribution in [0.5, 0.6) is 0 Å². The molecule has 3 rings (SSSR count). The second-order valence-corrected chi connectivity index (χ2v) is 5.85. The first kappa shape index (κ1) is 15.6. The lowest BCUT2D eigenvalue weighted by atomic mass is 9.98. The summed E-state index contributed by atoms with van der Waals surface area (Å²) in [5.41, 5.74) is 4.86. The number of amides is 1. The summed E-state index contributed by atoms with van der Waals surface area (Å²) in [4.78, 5) is 12.0. The maximum Gasteiger partial charge on any atom is 0.424 e. The van der Waals surface area contributed by atoms with E-state index >= 15 is 0 Å². The number of rotatable bonds is 5. The van der Waals surface area contributed by atoms with E-state index in [0.717, 1.165) is 17.9 Å². The number of ether oxygens (including phenoxy) is 1. The van der Waals surface area contributed by atoms with Gasteiger partial charge in [-0.3, -0.25) is 0 Å². The quantitative estimate of drug-likeness (QED) is 0.517. The third-order valence-electron chi connectivity index (χ3n) is 4.32. The van der Waals surface area contributed by atoms with Gasteiger partial charge in [-0.1, -0.05) is 61.9 Å². The van der Waals surface area contributed by atoms with Gasteiger partial charge < -0.3 is 4.74 Å². The Morgan fingerprint density at radius 1 is 1.09 bits per heavy atom. The first-order valence-corrected chi connectivity index (χ1v) is 8.09. The van der Waals surface area contributed by atoms with Crippen LogP contribution in [0.2, 0.25) is 0 Å². The van der Waals surface area contributed by atoms with Gasteiger partial charge in [-0.15, -0.1) is 0 Å². The van der Waals surface area contributed by atoms with Crippen molar-refractivity contribution in [2.24, 2.45) is 5.84 Å². The third kappa shape index (κ3) is 3.08. The molecule has 2 aromatic rings. The second kappa shape index (κ2) is 6.84. The van der Waals surface area contributed by atoms with Crippen LogP contribution in [0.15, 0.2) is 48.5 Å². The minimum absolute atomic E-state index is 0.0749. The highest BCUT2D eigenvalue weighted by atomic mass is 16.6. The van der Waals surface area contributed by atoms with Crippen LogP contribution in [-0.4, -0.2) is 24.3 Å². The summed E-state index contributed by atoms with van der Waals surface area (Å²) in [6, 6.07) is 16.6. The van der Waals surface area contributed by atoms with E-state index in [1.54, 1.807) is 0 Å². The van der Waals surface area contributed by atoms with Crippen LogP contribution in [0, 0.1) is 0 Å². The molecule has 0 saturated carbocycles. The Bertz CT molecular complexity index is 654. The molecule has 0 aromatic heterocycles. The van der Waals surface area contributed by atoms with Crippen LogP contribution in [0.25, 0.3) is 11.1 Å². The molecule has 1 amide bonds. The van der Waals surface area contributed by atoms with E-state index in [9.17, 15) is 4.79 Å². The normalized spacial score (nSPS) is 12.6. The Morgan fingerprint density at radius 3 is 2.22 bits per heavy atom. The monoisotopic (exact) mass is 310 g/mol. The summed E-state index contributed by atoms with van der Waals surface area (Å²) < 4.78 is 5.46. The van der Waals surface area contributed by atoms with Crippen LogP contribution in [0.3, 0.4) is 0 Å². The average Bonchev–Trinajstić information content (AvgIpc) is 2.91. The van der Waals surface area contributed by atoms with E-state index in [1.807, 2.05) is 24.3 Å². The largest absolute Gasteiger partial charge is 0.447 e. The SMILES string of the molecule is CCCCN(N)C(=O)OCC1c2ccccc2-c2ccccc21. The van der Waals surface area contributed by atoms with Gasteiger partial charge in [-0.05, 0) is 28.7 Å². The Balaban J connectivity index is 1.75. The number of nitrogens with zero attached hydrogens (tertiary/aromatic N) is 1. The van der Waals surface area contributed by atoms with Crippen LogP contribution < -0.4 is 5.84 Å². The topological polar surface area (TPSA) is 55.6 Å². The molecule has 4 nitrogen and oxygen atoms in total. The van der Waals surface area contributed by atoms with Gasteiger partial charge in [-0.25, -0.2) is 15.6 Å². The first-order valence-electron chi connectivity index (χ1n) is 8.09. The standard InChI is InChI=1S/C19H22N2O2/c1-2-3-12-21(20)19(22)23-13-18-16-10-6-4-8-14(16)15-9-5-7-11-17(15)18/h4-11,18H,2-3,12-13,20H2,1H3. The van der Waals surface area contributed by atoms with E-state index in [-0.39, 0.29) is 5.92 Å². The van der Waals surface area contributed by atoms with Gasteiger partial charge in [0.25, 0.3) is 0 Å². The zero-order valence-electron chi connectivity index (χ0n) is 13.4. The van der Waals surface area contributed by atoms with Gasteiger partial charge in [0, 0.05) is 12.5 Å². The van der Waals surface area contributed by atoms with Crippen molar-refractivity contribution in [2.45, 2.75) is 25.7 Å². The van der Waals surface area contributed by atoms with E-state index in [0.29, 0.717) is 13.2 Å². The average molecular weight is 310 g/mol. The summed E-state index contributed by atoms with van der Waals surface area (Å²) in [5, 5.41) is 1.16. The highest BCUT2D eigenvalue weighted by molar-refractivity contribution is 5.79. The van der Waals surface area contributed by atoms with Gasteiger partial charge >= 0.3 is 6.09 Å². The number of carbonyl (C=O) groups excluding carboxylic acids is 1. The highest BCUT2D eigenvalue weighted by Gasteiger charge is 2.29. The summed E-state index contributed by atoms with van der Waals surface area (Å²) in [5.74, 6) is 5.81. The maximum atomic E-state index is 12.0. The zero-order chi connectivity index (χ0) is 16.2. The predicted octanol–water partition coefficient (Wildman–Crippen LogP) is 3.91. The van der Waals surface area contributed by atoms with Crippen molar-refractivity contribution >= 4 is 6.09 Å². The molecule has 0 radical (unpaired) electrons. The summed E-state index contributed by atoms with van der Waals surface area (Å²) >= 11 is 0. The number of hydrogen-bond donors (Lipinski definition) is 1. The van der Waals surface area contributed by atoms with E-state index in [4.69, 9.17) is 10.6 Å². The number of carbonyl (C=O) groups is 1. The van der Waals surface area contributed by atoms with Gasteiger partial charge in [0.1, 0.15) is 6.61 Å². The summed E-state index contributed by atoms with van der Waals surface area (Å²) in [6.07, 6.45) is 1.41. The molecule has 4 heteroatoms. The molecule has 0 bridgehead atoms. The van der Waals surface area contributed by atoms with Crippen LogP contribution in [-0.2, 0) is 4.74 Å². The summed E-state index contributed by atoms with van der Waals surface area (Å²) in [7, 11) is 0. The molecular formula is C19H22N2O2. The van der Waals surface area contributed by atoms with Gasteiger partial charge in [-0.2, -0.15) is 0 Å². The lowest BCUT2D eigenvalue weighted by molar-refractivity contribution is 0.0993. The summed E-state index contributed by atoms with van der Waals surface area (Å²) in [6.45, 7) is 2.89. The molecule has 0 saturated heterocycles. The van der Waals surface area contributed by atoms with Crippen molar-refractivity contribution in [3.8, 4) is 11.1 Å².